The maximum atomic E-state index is 11.5. The van der Waals surface area contributed by atoms with Gasteiger partial charge in [-0.05, 0) is 11.6 Å². The van der Waals surface area contributed by atoms with Crippen LogP contribution in [-0.4, -0.2) is 22.4 Å². The number of benzene rings is 1. The molecule has 5 heteroatoms. The molecule has 0 bridgehead atoms. The van der Waals surface area contributed by atoms with Crippen LogP contribution in [0.3, 0.4) is 0 Å². The van der Waals surface area contributed by atoms with Crippen molar-refractivity contribution in [3.63, 3.8) is 0 Å². The average molecular weight is 226 g/mol. The summed E-state index contributed by atoms with van der Waals surface area (Å²) < 4.78 is 11.5. The molecule has 4 N–H and O–H groups in total. The van der Waals surface area contributed by atoms with E-state index in [-0.39, 0.29) is 0 Å². The van der Waals surface area contributed by atoms with Gasteiger partial charge in [-0.1, -0.05) is 18.2 Å². The quantitative estimate of drug-likeness (QED) is 0.740. The fraction of sp³-hybridized carbons (Fsp3) is 0.300. The standard InChI is InChI=1S/C10H14N2O2S/c11-5-6-15(14)7-8-3-1-2-4-9(8)10(12)13/h1-4H,5-7,11H2,(H2,12,13). The SMILES string of the molecule is NCCS(=O)Cc1ccccc1C(N)=O. The average Bonchev–Trinajstić information content (AvgIpc) is 2.18. The number of carbonyl (C=O) groups excluding carboxylic acids is 1. The highest BCUT2D eigenvalue weighted by molar-refractivity contribution is 7.84. The van der Waals surface area contributed by atoms with E-state index >= 15 is 0 Å². The van der Waals surface area contributed by atoms with Crippen LogP contribution in [-0.2, 0) is 16.6 Å². The number of hydrogen-bond acceptors (Lipinski definition) is 3. The molecule has 1 rings (SSSR count). The number of rotatable bonds is 5. The molecule has 1 amide bonds. The highest BCUT2D eigenvalue weighted by Gasteiger charge is 2.09. The summed E-state index contributed by atoms with van der Waals surface area (Å²) in [6.45, 7) is 0.380. The fourth-order valence-corrected chi connectivity index (χ4v) is 2.27. The van der Waals surface area contributed by atoms with Gasteiger partial charge in [-0.25, -0.2) is 0 Å². The van der Waals surface area contributed by atoms with Gasteiger partial charge in [0.2, 0.25) is 5.91 Å². The second kappa shape index (κ2) is 5.63. The largest absolute Gasteiger partial charge is 0.366 e. The van der Waals surface area contributed by atoms with Crippen molar-refractivity contribution in [2.45, 2.75) is 5.75 Å². The van der Waals surface area contributed by atoms with Gasteiger partial charge in [0.15, 0.2) is 0 Å². The molecule has 0 aliphatic carbocycles. The summed E-state index contributed by atoms with van der Waals surface area (Å²) in [5.41, 5.74) is 11.7. The first-order valence-electron chi connectivity index (χ1n) is 4.58. The van der Waals surface area contributed by atoms with Crippen molar-refractivity contribution in [2.75, 3.05) is 12.3 Å². The fourth-order valence-electron chi connectivity index (χ4n) is 1.26. The molecule has 1 atom stereocenters. The van der Waals surface area contributed by atoms with Gasteiger partial charge in [0, 0.05) is 34.4 Å². The number of carbonyl (C=O) groups is 1. The van der Waals surface area contributed by atoms with Gasteiger partial charge in [0.1, 0.15) is 0 Å². The monoisotopic (exact) mass is 226 g/mol. The van der Waals surface area contributed by atoms with Crippen molar-refractivity contribution < 1.29 is 9.00 Å². The van der Waals surface area contributed by atoms with E-state index in [1.807, 2.05) is 0 Å². The molecule has 4 nitrogen and oxygen atoms in total. The minimum absolute atomic E-state index is 0.330. The molecule has 15 heavy (non-hydrogen) atoms. The van der Waals surface area contributed by atoms with Crippen molar-refractivity contribution >= 4 is 16.7 Å². The summed E-state index contributed by atoms with van der Waals surface area (Å²) in [5, 5.41) is 0. The first-order chi connectivity index (χ1) is 7.15. The molecule has 0 radical (unpaired) electrons. The lowest BCUT2D eigenvalue weighted by Gasteiger charge is -2.05. The Labute approximate surface area is 91.1 Å². The topological polar surface area (TPSA) is 86.2 Å². The van der Waals surface area contributed by atoms with E-state index in [0.29, 0.717) is 23.6 Å². The van der Waals surface area contributed by atoms with Gasteiger partial charge in [0.25, 0.3) is 0 Å². The van der Waals surface area contributed by atoms with Crippen molar-refractivity contribution in [3.8, 4) is 0 Å². The van der Waals surface area contributed by atoms with E-state index in [2.05, 4.69) is 0 Å². The van der Waals surface area contributed by atoms with E-state index in [1.165, 1.54) is 0 Å². The van der Waals surface area contributed by atoms with E-state index < -0.39 is 16.7 Å². The Balaban J connectivity index is 2.84. The second-order valence-electron chi connectivity index (χ2n) is 3.10. The Bertz CT molecular complexity index is 379. The summed E-state index contributed by atoms with van der Waals surface area (Å²) in [5.74, 6) is 0.277. The molecule has 0 aliphatic rings. The van der Waals surface area contributed by atoms with Crippen molar-refractivity contribution in [1.82, 2.24) is 0 Å². The first-order valence-corrected chi connectivity index (χ1v) is 6.06. The van der Waals surface area contributed by atoms with E-state index in [1.54, 1.807) is 24.3 Å². The van der Waals surface area contributed by atoms with Crippen molar-refractivity contribution in [3.05, 3.63) is 35.4 Å². The molecule has 0 heterocycles. The van der Waals surface area contributed by atoms with Gasteiger partial charge in [-0.3, -0.25) is 9.00 Å². The van der Waals surface area contributed by atoms with E-state index in [0.717, 1.165) is 5.56 Å². The van der Waals surface area contributed by atoms with Crippen LogP contribution in [0.4, 0.5) is 0 Å². The van der Waals surface area contributed by atoms with Crippen LogP contribution in [0, 0.1) is 0 Å². The molecule has 0 aliphatic heterocycles. The molecule has 0 spiro atoms. The van der Waals surface area contributed by atoms with Crippen LogP contribution in [0.5, 0.6) is 0 Å². The Morgan fingerprint density at radius 3 is 2.60 bits per heavy atom. The maximum absolute atomic E-state index is 11.5. The van der Waals surface area contributed by atoms with Gasteiger partial charge in [-0.15, -0.1) is 0 Å². The highest BCUT2D eigenvalue weighted by atomic mass is 32.2. The first kappa shape index (κ1) is 11.9. The molecule has 1 unspecified atom stereocenters. The maximum Gasteiger partial charge on any atom is 0.249 e. The predicted molar refractivity (Wildman–Crippen MR) is 60.7 cm³/mol. The van der Waals surface area contributed by atoms with Crippen molar-refractivity contribution in [1.29, 1.82) is 0 Å². The Morgan fingerprint density at radius 1 is 1.33 bits per heavy atom. The van der Waals surface area contributed by atoms with Gasteiger partial charge >= 0.3 is 0 Å². The summed E-state index contributed by atoms with van der Waals surface area (Å²) >= 11 is 0. The molecule has 0 saturated heterocycles. The molecular weight excluding hydrogens is 212 g/mol. The number of hydrogen-bond donors (Lipinski definition) is 2. The van der Waals surface area contributed by atoms with Crippen LogP contribution in [0.1, 0.15) is 15.9 Å². The van der Waals surface area contributed by atoms with Gasteiger partial charge < -0.3 is 11.5 Å². The van der Waals surface area contributed by atoms with Gasteiger partial charge in [0.05, 0.1) is 0 Å². The molecule has 1 aromatic carbocycles. The number of amides is 1. The molecule has 0 aromatic heterocycles. The zero-order valence-electron chi connectivity index (χ0n) is 8.31. The lowest BCUT2D eigenvalue weighted by atomic mass is 10.1. The second-order valence-corrected chi connectivity index (χ2v) is 4.67. The smallest absolute Gasteiger partial charge is 0.249 e. The number of primary amides is 1. The molecule has 82 valence electrons. The van der Waals surface area contributed by atoms with Gasteiger partial charge in [-0.2, -0.15) is 0 Å². The Morgan fingerprint density at radius 2 is 2.00 bits per heavy atom. The van der Waals surface area contributed by atoms with Crippen LogP contribution in [0.2, 0.25) is 0 Å². The van der Waals surface area contributed by atoms with Crippen molar-refractivity contribution in [2.24, 2.45) is 11.5 Å². The highest BCUT2D eigenvalue weighted by Crippen LogP contribution is 2.10. The molecule has 1 aromatic rings. The van der Waals surface area contributed by atoms with Crippen LogP contribution in [0.25, 0.3) is 0 Å². The summed E-state index contributed by atoms with van der Waals surface area (Å²) in [6, 6.07) is 6.92. The van der Waals surface area contributed by atoms with Crippen LogP contribution in [0.15, 0.2) is 24.3 Å². The molecule has 0 fully saturated rings. The minimum Gasteiger partial charge on any atom is -0.366 e. The normalized spacial score (nSPS) is 12.3. The van der Waals surface area contributed by atoms with E-state index in [4.69, 9.17) is 11.5 Å². The minimum atomic E-state index is -1.03. The molecular formula is C10H14N2O2S. The predicted octanol–water partition coefficient (Wildman–Crippen LogP) is -0.00710. The van der Waals surface area contributed by atoms with Crippen LogP contribution < -0.4 is 11.5 Å². The lowest BCUT2D eigenvalue weighted by Crippen LogP contribution is -2.16. The Kier molecular flexibility index (Phi) is 4.45. The zero-order chi connectivity index (χ0) is 11.3. The zero-order valence-corrected chi connectivity index (χ0v) is 9.13. The number of nitrogens with two attached hydrogens (primary N) is 2. The van der Waals surface area contributed by atoms with Crippen LogP contribution >= 0.6 is 0 Å². The molecule has 0 saturated carbocycles. The third-order valence-corrected chi connectivity index (χ3v) is 3.27. The Hall–Kier alpha value is -1.20. The summed E-state index contributed by atoms with van der Waals surface area (Å²) in [4.78, 5) is 11.1. The summed E-state index contributed by atoms with van der Waals surface area (Å²) in [6.07, 6.45) is 0. The summed E-state index contributed by atoms with van der Waals surface area (Å²) in [7, 11) is -1.03. The third kappa shape index (κ3) is 3.45. The van der Waals surface area contributed by atoms with E-state index in [9.17, 15) is 9.00 Å². The third-order valence-electron chi connectivity index (χ3n) is 1.94. The lowest BCUT2D eigenvalue weighted by molar-refractivity contribution is 0.0999.